The largest absolute Gasteiger partial charge is 0.467 e. The fraction of sp³-hybridized carbons (Fsp3) is 0.133. The van der Waals surface area contributed by atoms with Gasteiger partial charge in [0, 0.05) is 15.7 Å². The van der Waals surface area contributed by atoms with Gasteiger partial charge in [0.1, 0.15) is 0 Å². The van der Waals surface area contributed by atoms with Gasteiger partial charge in [-0.3, -0.25) is 0 Å². The van der Waals surface area contributed by atoms with E-state index in [1.54, 1.807) is 18.2 Å². The van der Waals surface area contributed by atoms with Crippen molar-refractivity contribution >= 4 is 34.9 Å². The molecule has 0 amide bonds. The van der Waals surface area contributed by atoms with Crippen LogP contribution in [0.3, 0.4) is 0 Å². The third kappa shape index (κ3) is 3.65. The van der Waals surface area contributed by atoms with E-state index in [1.165, 1.54) is 7.11 Å². The number of rotatable bonds is 4. The average Bonchev–Trinajstić information content (AvgIpc) is 2.44. The molecule has 5 heteroatoms. The molecular weight excluding hydrogens is 297 g/mol. The topological polar surface area (TPSA) is 38.3 Å². The van der Waals surface area contributed by atoms with Crippen LogP contribution >= 0.6 is 23.2 Å². The van der Waals surface area contributed by atoms with Gasteiger partial charge in [0.2, 0.25) is 0 Å². The summed E-state index contributed by atoms with van der Waals surface area (Å²) in [6.45, 7) is 0. The second-order valence-electron chi connectivity index (χ2n) is 4.17. The minimum atomic E-state index is -0.615. The molecule has 0 saturated carbocycles. The number of hydrogen-bond acceptors (Lipinski definition) is 3. The maximum atomic E-state index is 11.9. The molecule has 0 spiro atoms. The summed E-state index contributed by atoms with van der Waals surface area (Å²) in [6, 6.07) is 13.7. The zero-order chi connectivity index (χ0) is 14.5. The molecule has 2 aromatic carbocycles. The highest BCUT2D eigenvalue weighted by Gasteiger charge is 2.21. The molecule has 1 N–H and O–H groups in total. The fourth-order valence-corrected chi connectivity index (χ4v) is 2.37. The van der Waals surface area contributed by atoms with Crippen LogP contribution in [0.2, 0.25) is 10.0 Å². The molecule has 2 aromatic rings. The number of carbonyl (C=O) groups excluding carboxylic acids is 1. The number of halogens is 2. The number of esters is 1. The quantitative estimate of drug-likeness (QED) is 0.855. The van der Waals surface area contributed by atoms with Crippen molar-refractivity contribution < 1.29 is 9.53 Å². The summed E-state index contributed by atoms with van der Waals surface area (Å²) in [4.78, 5) is 11.9. The second-order valence-corrected chi connectivity index (χ2v) is 5.04. The van der Waals surface area contributed by atoms with E-state index in [1.807, 2.05) is 30.3 Å². The van der Waals surface area contributed by atoms with Crippen molar-refractivity contribution in [3.8, 4) is 0 Å². The Morgan fingerprint density at radius 2 is 1.70 bits per heavy atom. The van der Waals surface area contributed by atoms with E-state index in [9.17, 15) is 4.79 Å². The number of nitrogens with one attached hydrogen (secondary N) is 1. The van der Waals surface area contributed by atoms with E-state index in [0.717, 1.165) is 5.56 Å². The van der Waals surface area contributed by atoms with Gasteiger partial charge in [-0.05, 0) is 23.8 Å². The molecule has 0 fully saturated rings. The Hall–Kier alpha value is -1.71. The van der Waals surface area contributed by atoms with Crippen molar-refractivity contribution in [2.24, 2.45) is 0 Å². The molecule has 0 saturated heterocycles. The maximum absolute atomic E-state index is 11.9. The predicted octanol–water partition coefficient (Wildman–Crippen LogP) is 4.32. The normalized spacial score (nSPS) is 11.8. The fourth-order valence-electron chi connectivity index (χ4n) is 1.85. The van der Waals surface area contributed by atoms with Gasteiger partial charge >= 0.3 is 5.97 Å². The number of anilines is 1. The molecule has 104 valence electrons. The van der Waals surface area contributed by atoms with Gasteiger partial charge in [0.25, 0.3) is 0 Å². The number of ether oxygens (including phenoxy) is 1. The molecule has 2 rings (SSSR count). The monoisotopic (exact) mass is 309 g/mol. The van der Waals surface area contributed by atoms with Gasteiger partial charge < -0.3 is 10.1 Å². The van der Waals surface area contributed by atoms with Crippen LogP contribution in [0.4, 0.5) is 5.69 Å². The molecule has 0 aliphatic heterocycles. The van der Waals surface area contributed by atoms with Crippen molar-refractivity contribution in [3.05, 3.63) is 64.1 Å². The van der Waals surface area contributed by atoms with Gasteiger partial charge in [0.05, 0.1) is 7.11 Å². The van der Waals surface area contributed by atoms with Crippen molar-refractivity contribution in [1.82, 2.24) is 0 Å². The molecule has 1 unspecified atom stereocenters. The third-order valence-electron chi connectivity index (χ3n) is 2.74. The summed E-state index contributed by atoms with van der Waals surface area (Å²) in [5, 5.41) is 4.08. The van der Waals surface area contributed by atoms with Crippen LogP contribution in [0.25, 0.3) is 0 Å². The lowest BCUT2D eigenvalue weighted by Crippen LogP contribution is -2.22. The van der Waals surface area contributed by atoms with E-state index in [-0.39, 0.29) is 5.97 Å². The Bertz CT molecular complexity index is 582. The van der Waals surface area contributed by atoms with Gasteiger partial charge in [-0.2, -0.15) is 0 Å². The maximum Gasteiger partial charge on any atom is 0.332 e. The number of carbonyl (C=O) groups is 1. The van der Waals surface area contributed by atoms with E-state index in [0.29, 0.717) is 15.7 Å². The summed E-state index contributed by atoms with van der Waals surface area (Å²) in [5.74, 6) is -0.382. The van der Waals surface area contributed by atoms with Gasteiger partial charge in [-0.15, -0.1) is 0 Å². The average molecular weight is 310 g/mol. The Morgan fingerprint density at radius 3 is 2.25 bits per heavy atom. The van der Waals surface area contributed by atoms with Gasteiger partial charge in [-0.25, -0.2) is 4.79 Å². The smallest absolute Gasteiger partial charge is 0.332 e. The van der Waals surface area contributed by atoms with Crippen LogP contribution in [0, 0.1) is 0 Å². The molecule has 20 heavy (non-hydrogen) atoms. The Balaban J connectivity index is 2.31. The first-order valence-corrected chi connectivity index (χ1v) is 6.71. The molecule has 0 aliphatic rings. The summed E-state index contributed by atoms with van der Waals surface area (Å²) in [6.07, 6.45) is 0. The minimum Gasteiger partial charge on any atom is -0.467 e. The van der Waals surface area contributed by atoms with Crippen LogP contribution in [-0.4, -0.2) is 13.1 Å². The Labute approximate surface area is 127 Å². The van der Waals surface area contributed by atoms with Crippen LogP contribution in [-0.2, 0) is 9.53 Å². The number of benzene rings is 2. The minimum absolute atomic E-state index is 0.382. The molecule has 3 nitrogen and oxygen atoms in total. The van der Waals surface area contributed by atoms with Crippen molar-refractivity contribution in [2.75, 3.05) is 12.4 Å². The molecule has 0 aromatic heterocycles. The van der Waals surface area contributed by atoms with Crippen molar-refractivity contribution in [2.45, 2.75) is 6.04 Å². The first-order chi connectivity index (χ1) is 9.60. The standard InChI is InChI=1S/C15H13Cl2NO2/c1-20-15(19)14(10-5-3-2-4-6-10)18-13-8-11(16)7-12(17)9-13/h2-9,14,18H,1H3. The highest BCUT2D eigenvalue weighted by molar-refractivity contribution is 6.35. The second kappa shape index (κ2) is 6.64. The van der Waals surface area contributed by atoms with Crippen LogP contribution in [0.5, 0.6) is 0 Å². The van der Waals surface area contributed by atoms with Crippen LogP contribution in [0.15, 0.2) is 48.5 Å². The molecule has 0 radical (unpaired) electrons. The molecular formula is C15H13Cl2NO2. The SMILES string of the molecule is COC(=O)C(Nc1cc(Cl)cc(Cl)c1)c1ccccc1. The zero-order valence-electron chi connectivity index (χ0n) is 10.8. The van der Waals surface area contributed by atoms with E-state index >= 15 is 0 Å². The first kappa shape index (κ1) is 14.7. The Morgan fingerprint density at radius 1 is 1.10 bits per heavy atom. The predicted molar refractivity (Wildman–Crippen MR) is 81.3 cm³/mol. The molecule has 1 atom stereocenters. The van der Waals surface area contributed by atoms with E-state index in [4.69, 9.17) is 27.9 Å². The van der Waals surface area contributed by atoms with E-state index in [2.05, 4.69) is 5.32 Å². The van der Waals surface area contributed by atoms with E-state index < -0.39 is 6.04 Å². The number of methoxy groups -OCH3 is 1. The van der Waals surface area contributed by atoms with Crippen molar-refractivity contribution in [3.63, 3.8) is 0 Å². The number of hydrogen-bond donors (Lipinski definition) is 1. The first-order valence-electron chi connectivity index (χ1n) is 5.95. The summed E-state index contributed by atoms with van der Waals surface area (Å²) in [7, 11) is 1.35. The van der Waals surface area contributed by atoms with Gasteiger partial charge in [0.15, 0.2) is 6.04 Å². The summed E-state index contributed by atoms with van der Waals surface area (Å²) >= 11 is 11.9. The molecule has 0 heterocycles. The van der Waals surface area contributed by atoms with Crippen molar-refractivity contribution in [1.29, 1.82) is 0 Å². The third-order valence-corrected chi connectivity index (χ3v) is 3.18. The summed E-state index contributed by atoms with van der Waals surface area (Å²) in [5.41, 5.74) is 1.46. The van der Waals surface area contributed by atoms with Crippen LogP contribution < -0.4 is 5.32 Å². The lowest BCUT2D eigenvalue weighted by Gasteiger charge is -2.18. The zero-order valence-corrected chi connectivity index (χ0v) is 12.3. The van der Waals surface area contributed by atoms with Crippen LogP contribution in [0.1, 0.15) is 11.6 Å². The Kier molecular flexibility index (Phi) is 4.88. The lowest BCUT2D eigenvalue weighted by molar-refractivity contribution is -0.141. The highest BCUT2D eigenvalue weighted by atomic mass is 35.5. The highest BCUT2D eigenvalue weighted by Crippen LogP contribution is 2.26. The lowest BCUT2D eigenvalue weighted by atomic mass is 10.1. The van der Waals surface area contributed by atoms with Gasteiger partial charge in [-0.1, -0.05) is 53.5 Å². The molecule has 0 bridgehead atoms. The molecule has 0 aliphatic carbocycles. The summed E-state index contributed by atoms with van der Waals surface area (Å²) < 4.78 is 4.83.